The van der Waals surface area contributed by atoms with Crippen molar-refractivity contribution in [2.75, 3.05) is 27.4 Å². The van der Waals surface area contributed by atoms with Crippen LogP contribution in [-0.4, -0.2) is 51.3 Å². The van der Waals surface area contributed by atoms with Crippen molar-refractivity contribution in [2.24, 2.45) is 0 Å². The summed E-state index contributed by atoms with van der Waals surface area (Å²) in [6.07, 6.45) is 4.04. The number of unbranched alkanes of at least 4 members (excludes halogenated alkanes) is 2. The highest BCUT2D eigenvalue weighted by Crippen LogP contribution is 2.07. The molecule has 0 radical (unpaired) electrons. The van der Waals surface area contributed by atoms with Crippen LogP contribution in [0.2, 0.25) is 0 Å². The molecule has 0 aromatic rings. The first kappa shape index (κ1) is 28.6. The summed E-state index contributed by atoms with van der Waals surface area (Å²) in [7, 11) is 2.47. The lowest BCUT2D eigenvalue weighted by atomic mass is 10.1. The topological polar surface area (TPSA) is 105 Å². The minimum Gasteiger partial charge on any atom is -0.469 e. The smallest absolute Gasteiger partial charge is 0.333 e. The third-order valence-corrected chi connectivity index (χ3v) is 3.47. The van der Waals surface area contributed by atoms with E-state index in [0.717, 1.165) is 25.7 Å². The molecule has 0 aliphatic rings. The van der Waals surface area contributed by atoms with Crippen LogP contribution < -0.4 is 0 Å². The van der Waals surface area contributed by atoms with Crippen LogP contribution in [0.15, 0.2) is 24.3 Å². The van der Waals surface area contributed by atoms with Crippen molar-refractivity contribution < 1.29 is 38.1 Å². The molecule has 0 aliphatic carbocycles. The van der Waals surface area contributed by atoms with Gasteiger partial charge >= 0.3 is 23.9 Å². The average Bonchev–Trinajstić information content (AvgIpc) is 2.71. The highest BCUT2D eigenvalue weighted by Gasteiger charge is 2.12. The normalized spacial score (nSPS) is 9.38. The number of carbonyl (C=O) groups excluding carboxylic acids is 4. The van der Waals surface area contributed by atoms with Gasteiger partial charge in [-0.15, -0.1) is 0 Å². The predicted molar refractivity (Wildman–Crippen MR) is 108 cm³/mol. The van der Waals surface area contributed by atoms with Crippen LogP contribution in [0.3, 0.4) is 0 Å². The Morgan fingerprint density at radius 3 is 1.72 bits per heavy atom. The minimum absolute atomic E-state index is 0.0966. The number of carbonyl (C=O) groups is 4. The number of ether oxygens (including phenoxy) is 4. The van der Waals surface area contributed by atoms with Crippen LogP contribution in [-0.2, 0) is 38.1 Å². The number of esters is 4. The highest BCUT2D eigenvalue weighted by atomic mass is 16.5. The maximum absolute atomic E-state index is 11.4. The molecule has 8 heteroatoms. The molecule has 0 atom stereocenters. The van der Waals surface area contributed by atoms with Gasteiger partial charge in [0.1, 0.15) is 0 Å². The zero-order valence-corrected chi connectivity index (χ0v) is 18.0. The van der Waals surface area contributed by atoms with Gasteiger partial charge in [-0.1, -0.05) is 39.8 Å². The van der Waals surface area contributed by atoms with Crippen molar-refractivity contribution >= 4 is 23.9 Å². The SMILES string of the molecule is C=C(CC(=O)OC)C(=O)OC.C=C(CCC(=O)OCCCC)C(=O)OCCCC. The number of rotatable bonds is 13. The van der Waals surface area contributed by atoms with Crippen LogP contribution >= 0.6 is 0 Å². The van der Waals surface area contributed by atoms with Gasteiger partial charge in [0.25, 0.3) is 0 Å². The van der Waals surface area contributed by atoms with Crippen molar-refractivity contribution in [3.05, 3.63) is 24.3 Å². The minimum atomic E-state index is -0.588. The van der Waals surface area contributed by atoms with Crippen LogP contribution in [0, 0.1) is 0 Å². The molecule has 0 N–H and O–H groups in total. The standard InChI is InChI=1S/C14H24O4.C7H10O4/c1-4-6-10-17-13(15)9-8-12(3)14(16)18-11-7-5-2;1-5(7(9)11-3)4-6(8)10-2/h3-11H2,1-2H3;1,4H2,2-3H3. The van der Waals surface area contributed by atoms with Crippen LogP contribution in [0.25, 0.3) is 0 Å². The molecule has 29 heavy (non-hydrogen) atoms. The van der Waals surface area contributed by atoms with Crippen molar-refractivity contribution in [3.8, 4) is 0 Å². The molecule has 8 nitrogen and oxygen atoms in total. The van der Waals surface area contributed by atoms with Gasteiger partial charge in [0.15, 0.2) is 0 Å². The third-order valence-electron chi connectivity index (χ3n) is 3.47. The van der Waals surface area contributed by atoms with Gasteiger partial charge < -0.3 is 18.9 Å². The second-order valence-corrected chi connectivity index (χ2v) is 6.02. The highest BCUT2D eigenvalue weighted by molar-refractivity contribution is 5.93. The molecule has 0 fully saturated rings. The number of hydrogen-bond acceptors (Lipinski definition) is 8. The first-order chi connectivity index (χ1) is 13.7. The Labute approximate surface area is 173 Å². The summed E-state index contributed by atoms with van der Waals surface area (Å²) in [5.74, 6) is -1.79. The molecular weight excluding hydrogens is 380 g/mol. The van der Waals surface area contributed by atoms with Gasteiger partial charge in [0.05, 0.1) is 33.9 Å². The monoisotopic (exact) mass is 414 g/mol. The van der Waals surface area contributed by atoms with Crippen LogP contribution in [0.4, 0.5) is 0 Å². The van der Waals surface area contributed by atoms with Crippen molar-refractivity contribution in [1.29, 1.82) is 0 Å². The Hall–Kier alpha value is -2.64. The third kappa shape index (κ3) is 17.2. The van der Waals surface area contributed by atoms with Gasteiger partial charge in [0.2, 0.25) is 0 Å². The molecule has 0 aromatic heterocycles. The Bertz CT molecular complexity index is 551. The van der Waals surface area contributed by atoms with E-state index in [1.807, 2.05) is 13.8 Å². The second kappa shape index (κ2) is 18.7. The summed E-state index contributed by atoms with van der Waals surface area (Å²) in [5, 5.41) is 0. The lowest BCUT2D eigenvalue weighted by Gasteiger charge is -2.07. The quantitative estimate of drug-likeness (QED) is 0.196. The van der Waals surface area contributed by atoms with Crippen molar-refractivity contribution in [1.82, 2.24) is 0 Å². The molecule has 0 spiro atoms. The molecule has 0 saturated heterocycles. The van der Waals surface area contributed by atoms with E-state index in [9.17, 15) is 19.2 Å². The molecule has 0 unspecified atom stereocenters. The Kier molecular flexibility index (Phi) is 18.4. The van der Waals surface area contributed by atoms with E-state index in [2.05, 4.69) is 22.6 Å². The molecular formula is C21H34O8. The van der Waals surface area contributed by atoms with E-state index in [1.165, 1.54) is 14.2 Å². The van der Waals surface area contributed by atoms with Crippen LogP contribution in [0.1, 0.15) is 58.8 Å². The van der Waals surface area contributed by atoms with Gasteiger partial charge in [-0.25, -0.2) is 9.59 Å². The van der Waals surface area contributed by atoms with E-state index >= 15 is 0 Å². The van der Waals surface area contributed by atoms with Crippen LogP contribution in [0.5, 0.6) is 0 Å². The summed E-state index contributed by atoms with van der Waals surface area (Å²) in [4.78, 5) is 43.9. The fourth-order valence-electron chi connectivity index (χ4n) is 1.63. The maximum Gasteiger partial charge on any atom is 0.333 e. The molecule has 0 saturated carbocycles. The van der Waals surface area contributed by atoms with Gasteiger partial charge in [-0.2, -0.15) is 0 Å². The summed E-state index contributed by atoms with van der Waals surface area (Å²) >= 11 is 0. The van der Waals surface area contributed by atoms with E-state index in [-0.39, 0.29) is 24.4 Å². The summed E-state index contributed by atoms with van der Waals surface area (Å²) in [6.45, 7) is 11.9. The van der Waals surface area contributed by atoms with Gasteiger partial charge in [0, 0.05) is 17.6 Å². The van der Waals surface area contributed by atoms with Gasteiger partial charge in [-0.3, -0.25) is 9.59 Å². The van der Waals surface area contributed by atoms with E-state index in [0.29, 0.717) is 25.2 Å². The average molecular weight is 414 g/mol. The summed E-state index contributed by atoms with van der Waals surface area (Å²) in [5.41, 5.74) is 0.429. The molecule has 0 aliphatic heterocycles. The molecule has 0 heterocycles. The zero-order valence-electron chi connectivity index (χ0n) is 18.0. The van der Waals surface area contributed by atoms with Crippen molar-refractivity contribution in [2.45, 2.75) is 58.8 Å². The molecule has 0 rings (SSSR count). The maximum atomic E-state index is 11.4. The molecule has 0 amide bonds. The van der Waals surface area contributed by atoms with E-state index in [4.69, 9.17) is 9.47 Å². The second-order valence-electron chi connectivity index (χ2n) is 6.02. The van der Waals surface area contributed by atoms with E-state index < -0.39 is 17.9 Å². The Balaban J connectivity index is 0. The Morgan fingerprint density at radius 2 is 1.24 bits per heavy atom. The Morgan fingerprint density at radius 1 is 0.690 bits per heavy atom. The van der Waals surface area contributed by atoms with E-state index in [1.54, 1.807) is 0 Å². The predicted octanol–water partition coefficient (Wildman–Crippen LogP) is 3.29. The first-order valence-corrected chi connectivity index (χ1v) is 9.56. The molecule has 0 bridgehead atoms. The van der Waals surface area contributed by atoms with Crippen molar-refractivity contribution in [3.63, 3.8) is 0 Å². The zero-order chi connectivity index (χ0) is 22.7. The first-order valence-electron chi connectivity index (χ1n) is 9.56. The lowest BCUT2D eigenvalue weighted by Crippen LogP contribution is -2.11. The summed E-state index contributed by atoms with van der Waals surface area (Å²) in [6, 6.07) is 0. The summed E-state index contributed by atoms with van der Waals surface area (Å²) < 4.78 is 18.6. The van der Waals surface area contributed by atoms with Gasteiger partial charge in [-0.05, 0) is 19.3 Å². The molecule has 166 valence electrons. The number of methoxy groups -OCH3 is 2. The largest absolute Gasteiger partial charge is 0.469 e. The molecule has 0 aromatic carbocycles. The lowest BCUT2D eigenvalue weighted by molar-refractivity contribution is -0.144. The fourth-order valence-corrected chi connectivity index (χ4v) is 1.63. The fraction of sp³-hybridized carbons (Fsp3) is 0.619. The number of hydrogen-bond donors (Lipinski definition) is 0.